The monoisotopic (exact) mass is 251 g/mol. The number of nitrogens with one attached hydrogen (secondary N) is 1. The van der Waals surface area contributed by atoms with Crippen LogP contribution in [0.15, 0.2) is 12.4 Å². The smallest absolute Gasteiger partial charge is 0.0537 e. The second kappa shape index (κ2) is 8.30. The molecule has 18 heavy (non-hydrogen) atoms. The molecule has 0 fully saturated rings. The normalized spacial score (nSPS) is 13.2. The van der Waals surface area contributed by atoms with Gasteiger partial charge in [0.1, 0.15) is 0 Å². The first-order chi connectivity index (χ1) is 8.67. The van der Waals surface area contributed by atoms with Gasteiger partial charge in [-0.2, -0.15) is 5.10 Å². The number of rotatable bonds is 9. The minimum atomic E-state index is 0.470. The van der Waals surface area contributed by atoms with E-state index in [1.54, 1.807) is 0 Å². The first kappa shape index (κ1) is 15.2. The van der Waals surface area contributed by atoms with Gasteiger partial charge in [-0.3, -0.25) is 4.68 Å². The van der Waals surface area contributed by atoms with Gasteiger partial charge in [0.25, 0.3) is 0 Å². The molecule has 0 aliphatic carbocycles. The number of nitrogens with zero attached hydrogens (tertiary/aromatic N) is 2. The third-order valence-electron chi connectivity index (χ3n) is 3.18. The molecule has 1 N–H and O–H groups in total. The number of aromatic nitrogens is 2. The molecular weight excluding hydrogens is 222 g/mol. The lowest BCUT2D eigenvalue weighted by molar-refractivity contribution is 0.440. The second-order valence-corrected chi connectivity index (χ2v) is 5.51. The van der Waals surface area contributed by atoms with Crippen LogP contribution in [0.25, 0.3) is 0 Å². The maximum Gasteiger partial charge on any atom is 0.0537 e. The van der Waals surface area contributed by atoms with E-state index in [2.05, 4.69) is 49.0 Å². The molecule has 0 saturated carbocycles. The predicted octanol–water partition coefficient (Wildman–Crippen LogP) is 3.77. The molecular formula is C15H29N3. The molecule has 3 nitrogen and oxygen atoms in total. The summed E-state index contributed by atoms with van der Waals surface area (Å²) in [4.78, 5) is 0. The van der Waals surface area contributed by atoms with Gasteiger partial charge < -0.3 is 5.32 Å². The van der Waals surface area contributed by atoms with Crippen LogP contribution < -0.4 is 5.32 Å². The van der Waals surface area contributed by atoms with Crippen molar-refractivity contribution >= 4 is 0 Å². The Bertz CT molecular complexity index is 317. The van der Waals surface area contributed by atoms with Gasteiger partial charge in [0.2, 0.25) is 0 Å². The van der Waals surface area contributed by atoms with Crippen LogP contribution in [0.5, 0.6) is 0 Å². The highest BCUT2D eigenvalue weighted by molar-refractivity contribution is 5.10. The Morgan fingerprint density at radius 3 is 2.61 bits per heavy atom. The summed E-state index contributed by atoms with van der Waals surface area (Å²) in [6.45, 7) is 11.1. The van der Waals surface area contributed by atoms with E-state index in [1.165, 1.54) is 24.8 Å². The van der Waals surface area contributed by atoms with Gasteiger partial charge in [-0.1, -0.05) is 27.7 Å². The first-order valence-electron chi connectivity index (χ1n) is 7.43. The van der Waals surface area contributed by atoms with E-state index in [4.69, 9.17) is 0 Å². The molecule has 1 atom stereocenters. The molecule has 0 spiro atoms. The summed E-state index contributed by atoms with van der Waals surface area (Å²) >= 11 is 0. The van der Waals surface area contributed by atoms with Crippen LogP contribution in [0, 0.1) is 5.92 Å². The van der Waals surface area contributed by atoms with E-state index >= 15 is 0 Å². The number of aryl methyl sites for hydroxylation is 1. The van der Waals surface area contributed by atoms with Crippen molar-refractivity contribution in [2.45, 2.75) is 66.0 Å². The first-order valence-corrected chi connectivity index (χ1v) is 7.43. The summed E-state index contributed by atoms with van der Waals surface area (Å²) in [6, 6.07) is 0.470. The molecule has 0 bridgehead atoms. The van der Waals surface area contributed by atoms with E-state index < -0.39 is 0 Å². The topological polar surface area (TPSA) is 29.9 Å². The quantitative estimate of drug-likeness (QED) is 0.724. The van der Waals surface area contributed by atoms with Crippen molar-refractivity contribution in [2.24, 2.45) is 5.92 Å². The Hall–Kier alpha value is -0.830. The van der Waals surface area contributed by atoms with Gasteiger partial charge in [-0.05, 0) is 38.1 Å². The maximum absolute atomic E-state index is 4.44. The zero-order valence-corrected chi connectivity index (χ0v) is 12.4. The molecule has 3 heteroatoms. The van der Waals surface area contributed by atoms with E-state index in [0.29, 0.717) is 6.04 Å². The van der Waals surface area contributed by atoms with Crippen molar-refractivity contribution in [1.29, 1.82) is 0 Å². The molecule has 0 radical (unpaired) electrons. The van der Waals surface area contributed by atoms with Crippen molar-refractivity contribution in [3.05, 3.63) is 18.0 Å². The third-order valence-corrected chi connectivity index (χ3v) is 3.18. The van der Waals surface area contributed by atoms with E-state index in [1.807, 2.05) is 6.20 Å². The van der Waals surface area contributed by atoms with Gasteiger partial charge >= 0.3 is 0 Å². The van der Waals surface area contributed by atoms with Gasteiger partial charge in [-0.15, -0.1) is 0 Å². The van der Waals surface area contributed by atoms with Crippen molar-refractivity contribution in [2.75, 3.05) is 6.54 Å². The standard InChI is InChI=1S/C15H29N3/c1-5-9-16-15(8-7-13(3)4)14-11-17-18(12-14)10-6-2/h11-13,15-16H,5-10H2,1-4H3. The fourth-order valence-electron chi connectivity index (χ4n) is 2.12. The molecule has 1 heterocycles. The highest BCUT2D eigenvalue weighted by atomic mass is 15.3. The number of hydrogen-bond acceptors (Lipinski definition) is 2. The number of hydrogen-bond donors (Lipinski definition) is 1. The Balaban J connectivity index is 2.60. The molecule has 1 rings (SSSR count). The average molecular weight is 251 g/mol. The predicted molar refractivity (Wildman–Crippen MR) is 77.6 cm³/mol. The van der Waals surface area contributed by atoms with E-state index in [-0.39, 0.29) is 0 Å². The lowest BCUT2D eigenvalue weighted by Crippen LogP contribution is -2.22. The molecule has 0 amide bonds. The molecule has 0 aliphatic heterocycles. The third kappa shape index (κ3) is 5.21. The van der Waals surface area contributed by atoms with Gasteiger partial charge in [-0.25, -0.2) is 0 Å². The van der Waals surface area contributed by atoms with Crippen LogP contribution in [0.4, 0.5) is 0 Å². The Morgan fingerprint density at radius 1 is 1.22 bits per heavy atom. The van der Waals surface area contributed by atoms with E-state index in [9.17, 15) is 0 Å². The summed E-state index contributed by atoms with van der Waals surface area (Å²) in [7, 11) is 0. The fraction of sp³-hybridized carbons (Fsp3) is 0.800. The lowest BCUT2D eigenvalue weighted by Gasteiger charge is -2.18. The highest BCUT2D eigenvalue weighted by Crippen LogP contribution is 2.20. The average Bonchev–Trinajstić information content (AvgIpc) is 2.78. The summed E-state index contributed by atoms with van der Waals surface area (Å²) in [5.41, 5.74) is 1.34. The second-order valence-electron chi connectivity index (χ2n) is 5.51. The molecule has 1 unspecified atom stereocenters. The fourth-order valence-corrected chi connectivity index (χ4v) is 2.12. The Kier molecular flexibility index (Phi) is 7.02. The SMILES string of the molecule is CCCNC(CCC(C)C)c1cnn(CCC)c1. The molecule has 1 aromatic rings. The minimum Gasteiger partial charge on any atom is -0.310 e. The zero-order chi connectivity index (χ0) is 13.4. The van der Waals surface area contributed by atoms with Crippen LogP contribution >= 0.6 is 0 Å². The molecule has 0 aromatic carbocycles. The van der Waals surface area contributed by atoms with Gasteiger partial charge in [0, 0.05) is 24.3 Å². The molecule has 0 saturated heterocycles. The molecule has 0 aliphatic rings. The van der Waals surface area contributed by atoms with Gasteiger partial charge in [0.05, 0.1) is 6.20 Å². The summed E-state index contributed by atoms with van der Waals surface area (Å²) in [5, 5.41) is 8.08. The van der Waals surface area contributed by atoms with Crippen LogP contribution in [0.3, 0.4) is 0 Å². The van der Waals surface area contributed by atoms with Crippen molar-refractivity contribution in [3.63, 3.8) is 0 Å². The van der Waals surface area contributed by atoms with Crippen LogP contribution in [-0.2, 0) is 6.54 Å². The van der Waals surface area contributed by atoms with Crippen molar-refractivity contribution in [3.8, 4) is 0 Å². The summed E-state index contributed by atoms with van der Waals surface area (Å²) < 4.78 is 2.06. The highest BCUT2D eigenvalue weighted by Gasteiger charge is 2.13. The van der Waals surface area contributed by atoms with Crippen LogP contribution in [-0.4, -0.2) is 16.3 Å². The van der Waals surface area contributed by atoms with Crippen LogP contribution in [0.1, 0.15) is 65.0 Å². The zero-order valence-electron chi connectivity index (χ0n) is 12.4. The summed E-state index contributed by atoms with van der Waals surface area (Å²) in [5.74, 6) is 0.765. The summed E-state index contributed by atoms with van der Waals surface area (Å²) in [6.07, 6.45) is 9.03. The van der Waals surface area contributed by atoms with Crippen LogP contribution in [0.2, 0.25) is 0 Å². The van der Waals surface area contributed by atoms with Crippen molar-refractivity contribution in [1.82, 2.24) is 15.1 Å². The molecule has 104 valence electrons. The Labute approximate surface area is 112 Å². The van der Waals surface area contributed by atoms with Gasteiger partial charge in [0.15, 0.2) is 0 Å². The van der Waals surface area contributed by atoms with Crippen molar-refractivity contribution < 1.29 is 0 Å². The maximum atomic E-state index is 4.44. The lowest BCUT2D eigenvalue weighted by atomic mass is 9.99. The minimum absolute atomic E-state index is 0.470. The molecule has 1 aromatic heterocycles. The van der Waals surface area contributed by atoms with E-state index in [0.717, 1.165) is 25.4 Å². The Morgan fingerprint density at radius 2 is 2.00 bits per heavy atom. The largest absolute Gasteiger partial charge is 0.310 e.